The Bertz CT molecular complexity index is 186. The van der Waals surface area contributed by atoms with E-state index in [1.165, 1.54) is 0 Å². The summed E-state index contributed by atoms with van der Waals surface area (Å²) in [4.78, 5) is 10.1. The molecule has 0 radical (unpaired) electrons. The first-order valence-corrected chi connectivity index (χ1v) is 5.38. The third-order valence-corrected chi connectivity index (χ3v) is 3.23. The van der Waals surface area contributed by atoms with Crippen LogP contribution in [0.1, 0.15) is 0 Å². The van der Waals surface area contributed by atoms with Crippen LogP contribution in [0.4, 0.5) is 0 Å². The Kier molecular flexibility index (Phi) is 3.51. The van der Waals surface area contributed by atoms with Crippen LogP contribution < -0.4 is 0 Å². The molecule has 70 valence electrons. The Morgan fingerprint density at radius 1 is 1.67 bits per heavy atom. The maximum atomic E-state index is 10.9. The summed E-state index contributed by atoms with van der Waals surface area (Å²) < 4.78 is 4.72. The van der Waals surface area contributed by atoms with E-state index in [0.29, 0.717) is 0 Å². The largest absolute Gasteiger partial charge is 0.456 e. The molecule has 0 aromatic rings. The number of rotatable bonds is 2. The van der Waals surface area contributed by atoms with Crippen LogP contribution in [0, 0.1) is 0 Å². The summed E-state index contributed by atoms with van der Waals surface area (Å²) in [6, 6.07) is 0. The molecular formula is C6H8Br2O4. The first-order chi connectivity index (χ1) is 5.57. The van der Waals surface area contributed by atoms with E-state index < -0.39 is 29.1 Å². The second-order valence-electron chi connectivity index (χ2n) is 2.52. The fourth-order valence-corrected chi connectivity index (χ4v) is 1.75. The molecule has 1 heterocycles. The van der Waals surface area contributed by atoms with E-state index in [2.05, 4.69) is 31.9 Å². The highest BCUT2D eigenvalue weighted by atomic mass is 79.9. The normalized spacial score (nSPS) is 38.0. The van der Waals surface area contributed by atoms with E-state index in [1.807, 2.05) is 0 Å². The highest BCUT2D eigenvalue weighted by molar-refractivity contribution is 9.10. The molecule has 4 atom stereocenters. The zero-order valence-corrected chi connectivity index (χ0v) is 9.16. The van der Waals surface area contributed by atoms with E-state index in [1.54, 1.807) is 0 Å². The molecule has 0 unspecified atom stereocenters. The van der Waals surface area contributed by atoms with Crippen molar-refractivity contribution >= 4 is 37.8 Å². The van der Waals surface area contributed by atoms with Crippen molar-refractivity contribution in [2.24, 2.45) is 0 Å². The van der Waals surface area contributed by atoms with Crippen LogP contribution in [0.3, 0.4) is 0 Å². The number of esters is 1. The van der Waals surface area contributed by atoms with Gasteiger partial charge in [0.1, 0.15) is 17.0 Å². The summed E-state index contributed by atoms with van der Waals surface area (Å²) in [6.45, 7) is 0. The van der Waals surface area contributed by atoms with Crippen molar-refractivity contribution in [3.8, 4) is 0 Å². The lowest BCUT2D eigenvalue weighted by molar-refractivity contribution is -0.145. The number of carbonyl (C=O) groups is 1. The molecule has 4 nitrogen and oxygen atoms in total. The SMILES string of the molecule is O=C1O[C@H]([C@H](O)CBr)[C@H](O)[C@@H]1Br. The molecule has 0 aliphatic carbocycles. The smallest absolute Gasteiger partial charge is 0.323 e. The molecule has 1 rings (SSSR count). The van der Waals surface area contributed by atoms with Gasteiger partial charge < -0.3 is 14.9 Å². The average molecular weight is 304 g/mol. The van der Waals surface area contributed by atoms with Gasteiger partial charge in [-0.05, 0) is 0 Å². The molecule has 1 saturated heterocycles. The second kappa shape index (κ2) is 4.04. The summed E-state index contributed by atoms with van der Waals surface area (Å²) in [7, 11) is 0. The molecule has 0 bridgehead atoms. The third kappa shape index (κ3) is 1.81. The lowest BCUT2D eigenvalue weighted by atomic mass is 10.1. The topological polar surface area (TPSA) is 66.8 Å². The van der Waals surface area contributed by atoms with Gasteiger partial charge in [-0.2, -0.15) is 0 Å². The van der Waals surface area contributed by atoms with Gasteiger partial charge in [-0.25, -0.2) is 0 Å². The maximum Gasteiger partial charge on any atom is 0.323 e. The number of hydrogen-bond donors (Lipinski definition) is 2. The summed E-state index contributed by atoms with van der Waals surface area (Å²) in [6.07, 6.45) is -2.68. The van der Waals surface area contributed by atoms with Gasteiger partial charge in [0, 0.05) is 5.33 Å². The van der Waals surface area contributed by atoms with Gasteiger partial charge >= 0.3 is 5.97 Å². The minimum absolute atomic E-state index is 0.266. The van der Waals surface area contributed by atoms with Crippen molar-refractivity contribution < 1.29 is 19.7 Å². The molecule has 0 aromatic heterocycles. The molecule has 0 spiro atoms. The van der Waals surface area contributed by atoms with Crippen molar-refractivity contribution in [1.29, 1.82) is 0 Å². The van der Waals surface area contributed by atoms with Crippen LogP contribution >= 0.6 is 31.9 Å². The molecule has 2 N–H and O–H groups in total. The first kappa shape index (κ1) is 10.4. The van der Waals surface area contributed by atoms with Crippen LogP contribution in [0.5, 0.6) is 0 Å². The van der Waals surface area contributed by atoms with Crippen molar-refractivity contribution in [3.63, 3.8) is 0 Å². The Hall–Kier alpha value is 0.350. The lowest BCUT2D eigenvalue weighted by Crippen LogP contribution is -2.37. The number of hydrogen-bond acceptors (Lipinski definition) is 4. The molecule has 1 fully saturated rings. The summed E-state index contributed by atoms with van der Waals surface area (Å²) in [5.41, 5.74) is 0. The third-order valence-electron chi connectivity index (χ3n) is 1.65. The van der Waals surface area contributed by atoms with Crippen LogP contribution in [0.2, 0.25) is 0 Å². The minimum atomic E-state index is -0.981. The zero-order chi connectivity index (χ0) is 9.30. The predicted molar refractivity (Wildman–Crippen MR) is 48.4 cm³/mol. The van der Waals surface area contributed by atoms with Gasteiger partial charge in [0.15, 0.2) is 6.10 Å². The average Bonchev–Trinajstić information content (AvgIpc) is 2.32. The summed E-state index contributed by atoms with van der Waals surface area (Å²) >= 11 is 5.98. The number of cyclic esters (lactones) is 1. The number of halogens is 2. The van der Waals surface area contributed by atoms with Gasteiger partial charge in [0.2, 0.25) is 0 Å². The van der Waals surface area contributed by atoms with Crippen molar-refractivity contribution in [1.82, 2.24) is 0 Å². The van der Waals surface area contributed by atoms with Gasteiger partial charge in [-0.3, -0.25) is 4.79 Å². The number of aliphatic hydroxyl groups excluding tert-OH is 2. The Morgan fingerprint density at radius 2 is 2.25 bits per heavy atom. The van der Waals surface area contributed by atoms with E-state index in [9.17, 15) is 15.0 Å². The standard InChI is InChI=1S/C6H8Br2O4/c7-1-2(9)5-4(10)3(8)6(11)12-5/h2-5,9-10H,1H2/t2-,3+,4-,5-/m1/s1. The molecule has 6 heteroatoms. The fraction of sp³-hybridized carbons (Fsp3) is 0.833. The van der Waals surface area contributed by atoms with Crippen LogP contribution in [-0.2, 0) is 9.53 Å². The van der Waals surface area contributed by atoms with Gasteiger partial charge in [0.25, 0.3) is 0 Å². The first-order valence-electron chi connectivity index (χ1n) is 3.34. The molecule has 0 aromatic carbocycles. The molecular weight excluding hydrogens is 296 g/mol. The Balaban J connectivity index is 2.64. The van der Waals surface area contributed by atoms with Gasteiger partial charge in [-0.1, -0.05) is 31.9 Å². The number of alkyl halides is 2. The number of aliphatic hydroxyl groups is 2. The second-order valence-corrected chi connectivity index (χ2v) is 4.15. The van der Waals surface area contributed by atoms with Crippen molar-refractivity contribution in [2.45, 2.75) is 23.1 Å². The van der Waals surface area contributed by atoms with Crippen molar-refractivity contribution in [3.05, 3.63) is 0 Å². The maximum absolute atomic E-state index is 10.9. The summed E-state index contributed by atoms with van der Waals surface area (Å²) in [5, 5.41) is 18.9. The zero-order valence-electron chi connectivity index (χ0n) is 5.98. The molecule has 12 heavy (non-hydrogen) atoms. The van der Waals surface area contributed by atoms with E-state index in [4.69, 9.17) is 4.74 Å². The molecule has 0 amide bonds. The van der Waals surface area contributed by atoms with Gasteiger partial charge in [0.05, 0.1) is 0 Å². The predicted octanol–water partition coefficient (Wildman–Crippen LogP) is -0.208. The molecule has 1 aliphatic rings. The Labute approximate surface area is 86.2 Å². The van der Waals surface area contributed by atoms with Gasteiger partial charge in [-0.15, -0.1) is 0 Å². The highest BCUT2D eigenvalue weighted by Gasteiger charge is 2.45. The Morgan fingerprint density at radius 3 is 2.58 bits per heavy atom. The van der Waals surface area contributed by atoms with Crippen LogP contribution in [0.15, 0.2) is 0 Å². The van der Waals surface area contributed by atoms with Crippen LogP contribution in [-0.4, -0.2) is 44.7 Å². The molecule has 1 aliphatic heterocycles. The summed E-state index contributed by atoms with van der Waals surface area (Å²) in [5.74, 6) is -0.535. The lowest BCUT2D eigenvalue weighted by Gasteiger charge is -2.17. The fourth-order valence-electron chi connectivity index (χ4n) is 0.969. The number of carbonyl (C=O) groups excluding carboxylic acids is 1. The quantitative estimate of drug-likeness (QED) is 0.547. The minimum Gasteiger partial charge on any atom is -0.456 e. The van der Waals surface area contributed by atoms with Crippen molar-refractivity contribution in [2.75, 3.05) is 5.33 Å². The van der Waals surface area contributed by atoms with E-state index in [-0.39, 0.29) is 5.33 Å². The van der Waals surface area contributed by atoms with E-state index in [0.717, 1.165) is 0 Å². The van der Waals surface area contributed by atoms with Crippen LogP contribution in [0.25, 0.3) is 0 Å². The monoisotopic (exact) mass is 302 g/mol. The number of ether oxygens (including phenoxy) is 1. The molecule has 0 saturated carbocycles. The van der Waals surface area contributed by atoms with E-state index >= 15 is 0 Å². The highest BCUT2D eigenvalue weighted by Crippen LogP contribution is 2.24.